The van der Waals surface area contributed by atoms with Crippen LogP contribution in [0.15, 0.2) is 48.7 Å². The van der Waals surface area contributed by atoms with Crippen molar-refractivity contribution in [2.45, 2.75) is 19.5 Å². The Kier molecular flexibility index (Phi) is 3.92. The second-order valence-electron chi connectivity index (χ2n) is 7.22. The van der Waals surface area contributed by atoms with E-state index in [4.69, 9.17) is 0 Å². The molecule has 2 fully saturated rings. The number of benzene rings is 1. The van der Waals surface area contributed by atoms with E-state index in [0.29, 0.717) is 6.04 Å². The summed E-state index contributed by atoms with van der Waals surface area (Å²) in [6.07, 6.45) is 2.03. The Morgan fingerprint density at radius 2 is 1.87 bits per heavy atom. The van der Waals surface area contributed by atoms with Crippen molar-refractivity contribution < 1.29 is 0 Å². The van der Waals surface area contributed by atoms with Gasteiger partial charge in [-0.2, -0.15) is 0 Å². The lowest BCUT2D eigenvalue weighted by molar-refractivity contribution is 0.224. The third kappa shape index (κ3) is 2.91. The van der Waals surface area contributed by atoms with E-state index in [-0.39, 0.29) is 0 Å². The number of fused-ring (bicyclic) bond motifs is 1. The van der Waals surface area contributed by atoms with Gasteiger partial charge in [0.1, 0.15) is 0 Å². The van der Waals surface area contributed by atoms with Crippen LogP contribution in [0.25, 0.3) is 0 Å². The molecule has 1 aromatic carbocycles. The molecule has 3 heteroatoms. The fraction of sp³-hybridized carbons (Fsp3) is 0.450. The topological polar surface area (TPSA) is 19.4 Å². The van der Waals surface area contributed by atoms with E-state index in [0.717, 1.165) is 24.1 Å². The van der Waals surface area contributed by atoms with E-state index >= 15 is 0 Å². The minimum Gasteiger partial charge on any atom is -0.299 e. The number of aryl methyl sites for hydroxylation is 1. The third-order valence-corrected chi connectivity index (χ3v) is 5.49. The van der Waals surface area contributed by atoms with Crippen LogP contribution in [0.5, 0.6) is 0 Å². The summed E-state index contributed by atoms with van der Waals surface area (Å²) in [6, 6.07) is 15.9. The number of hydrogen-bond donors (Lipinski definition) is 0. The molecule has 3 heterocycles. The second-order valence-corrected chi connectivity index (χ2v) is 7.22. The van der Waals surface area contributed by atoms with Gasteiger partial charge in [0.2, 0.25) is 0 Å². The normalized spacial score (nSPS) is 28.2. The maximum atomic E-state index is 4.43. The molecule has 2 aliphatic rings. The van der Waals surface area contributed by atoms with Crippen LogP contribution in [0.2, 0.25) is 0 Å². The lowest BCUT2D eigenvalue weighted by Crippen LogP contribution is -2.28. The molecule has 4 rings (SSSR count). The minimum absolute atomic E-state index is 0.572. The molecule has 3 atom stereocenters. The summed E-state index contributed by atoms with van der Waals surface area (Å²) < 4.78 is 0. The van der Waals surface area contributed by atoms with Gasteiger partial charge in [-0.3, -0.25) is 14.8 Å². The zero-order valence-corrected chi connectivity index (χ0v) is 14.0. The maximum Gasteiger partial charge on any atom is 0.0389 e. The number of pyridine rings is 1. The van der Waals surface area contributed by atoms with Crippen LogP contribution in [-0.2, 0) is 6.54 Å². The molecular formula is C20H25N3. The van der Waals surface area contributed by atoms with Gasteiger partial charge in [-0.15, -0.1) is 0 Å². The van der Waals surface area contributed by atoms with Crippen LogP contribution in [0.3, 0.4) is 0 Å². The van der Waals surface area contributed by atoms with Crippen LogP contribution >= 0.6 is 0 Å². The van der Waals surface area contributed by atoms with Gasteiger partial charge in [0, 0.05) is 44.1 Å². The lowest BCUT2D eigenvalue weighted by Gasteiger charge is -2.26. The van der Waals surface area contributed by atoms with E-state index in [1.807, 2.05) is 13.1 Å². The van der Waals surface area contributed by atoms with Crippen molar-refractivity contribution in [3.8, 4) is 0 Å². The average molecular weight is 307 g/mol. The summed E-state index contributed by atoms with van der Waals surface area (Å²) in [5, 5.41) is 0. The Morgan fingerprint density at radius 1 is 1.04 bits per heavy atom. The van der Waals surface area contributed by atoms with Crippen LogP contribution in [0.1, 0.15) is 22.9 Å². The van der Waals surface area contributed by atoms with Gasteiger partial charge in [-0.05, 0) is 43.0 Å². The van der Waals surface area contributed by atoms with Crippen LogP contribution in [-0.4, -0.2) is 41.5 Å². The predicted octanol–water partition coefficient (Wildman–Crippen LogP) is 3.12. The fourth-order valence-corrected chi connectivity index (χ4v) is 4.48. The van der Waals surface area contributed by atoms with Crippen molar-refractivity contribution in [2.75, 3.05) is 26.7 Å². The SMILES string of the molecule is Cc1ccc(CN2C[C@@H]3CN(C)[C@@H](c4ccccc4)[C@@H]3C2)cn1. The molecule has 0 N–H and O–H groups in total. The van der Waals surface area contributed by atoms with Crippen LogP contribution in [0, 0.1) is 18.8 Å². The molecule has 0 radical (unpaired) electrons. The van der Waals surface area contributed by atoms with Crippen molar-refractivity contribution in [3.05, 3.63) is 65.5 Å². The van der Waals surface area contributed by atoms with E-state index < -0.39 is 0 Å². The Labute approximate surface area is 139 Å². The molecule has 3 nitrogen and oxygen atoms in total. The minimum atomic E-state index is 0.572. The van der Waals surface area contributed by atoms with Gasteiger partial charge in [-0.1, -0.05) is 36.4 Å². The van der Waals surface area contributed by atoms with Gasteiger partial charge < -0.3 is 0 Å². The van der Waals surface area contributed by atoms with Crippen LogP contribution in [0.4, 0.5) is 0 Å². The summed E-state index contributed by atoms with van der Waals surface area (Å²) in [4.78, 5) is 9.60. The van der Waals surface area contributed by atoms with E-state index in [1.54, 1.807) is 0 Å². The van der Waals surface area contributed by atoms with Crippen molar-refractivity contribution in [1.82, 2.24) is 14.8 Å². The quantitative estimate of drug-likeness (QED) is 0.868. The molecule has 2 aromatic rings. The first kappa shape index (κ1) is 14.9. The van der Waals surface area contributed by atoms with Crippen molar-refractivity contribution in [3.63, 3.8) is 0 Å². The monoisotopic (exact) mass is 307 g/mol. The highest BCUT2D eigenvalue weighted by atomic mass is 15.2. The summed E-state index contributed by atoms with van der Waals surface area (Å²) >= 11 is 0. The molecular weight excluding hydrogens is 282 g/mol. The predicted molar refractivity (Wildman–Crippen MR) is 93.0 cm³/mol. The molecule has 1 aromatic heterocycles. The van der Waals surface area contributed by atoms with E-state index in [1.165, 1.54) is 30.8 Å². The largest absolute Gasteiger partial charge is 0.299 e. The Morgan fingerprint density at radius 3 is 2.61 bits per heavy atom. The third-order valence-electron chi connectivity index (χ3n) is 5.49. The smallest absolute Gasteiger partial charge is 0.0389 e. The first-order valence-electron chi connectivity index (χ1n) is 8.60. The van der Waals surface area contributed by atoms with Gasteiger partial charge in [-0.25, -0.2) is 0 Å². The molecule has 0 saturated carbocycles. The number of likely N-dealkylation sites (tertiary alicyclic amines) is 2. The average Bonchev–Trinajstić information content (AvgIpc) is 3.06. The summed E-state index contributed by atoms with van der Waals surface area (Å²) in [5.74, 6) is 1.55. The first-order valence-corrected chi connectivity index (χ1v) is 8.60. The number of hydrogen-bond acceptors (Lipinski definition) is 3. The standard InChI is InChI=1S/C20H25N3/c1-15-8-9-16(10-21-15)11-23-13-18-12-22(2)20(19(18)14-23)17-6-4-3-5-7-17/h3-10,18-20H,11-14H2,1-2H3/t18-,19+,20-/m0/s1. The van der Waals surface area contributed by atoms with Gasteiger partial charge in [0.25, 0.3) is 0 Å². The highest BCUT2D eigenvalue weighted by Gasteiger charge is 2.45. The lowest BCUT2D eigenvalue weighted by atomic mass is 9.90. The number of nitrogens with zero attached hydrogens (tertiary/aromatic N) is 3. The molecule has 2 saturated heterocycles. The molecule has 0 bridgehead atoms. The fourth-order valence-electron chi connectivity index (χ4n) is 4.48. The molecule has 2 aliphatic heterocycles. The summed E-state index contributed by atoms with van der Waals surface area (Å²) in [6.45, 7) is 6.71. The molecule has 0 spiro atoms. The van der Waals surface area contributed by atoms with Crippen LogP contribution < -0.4 is 0 Å². The van der Waals surface area contributed by atoms with Crippen molar-refractivity contribution in [1.29, 1.82) is 0 Å². The van der Waals surface area contributed by atoms with Gasteiger partial charge in [0.05, 0.1) is 0 Å². The van der Waals surface area contributed by atoms with Gasteiger partial charge in [0.15, 0.2) is 0 Å². The molecule has 120 valence electrons. The maximum absolute atomic E-state index is 4.43. The highest BCUT2D eigenvalue weighted by Crippen LogP contribution is 2.44. The molecule has 0 amide bonds. The zero-order valence-electron chi connectivity index (χ0n) is 14.0. The first-order chi connectivity index (χ1) is 11.2. The second kappa shape index (κ2) is 6.06. The molecule has 23 heavy (non-hydrogen) atoms. The molecule has 0 aliphatic carbocycles. The number of aromatic nitrogens is 1. The summed E-state index contributed by atoms with van der Waals surface area (Å²) in [7, 11) is 2.28. The van der Waals surface area contributed by atoms with E-state index in [9.17, 15) is 0 Å². The number of rotatable bonds is 3. The van der Waals surface area contributed by atoms with E-state index in [2.05, 4.69) is 64.3 Å². The zero-order chi connectivity index (χ0) is 15.8. The Bertz CT molecular complexity index is 652. The van der Waals surface area contributed by atoms with Gasteiger partial charge >= 0.3 is 0 Å². The highest BCUT2D eigenvalue weighted by molar-refractivity contribution is 5.23. The van der Waals surface area contributed by atoms with Crippen molar-refractivity contribution in [2.24, 2.45) is 11.8 Å². The Balaban J connectivity index is 1.48. The summed E-state index contributed by atoms with van der Waals surface area (Å²) in [5.41, 5.74) is 3.90. The molecule has 0 unspecified atom stereocenters. The van der Waals surface area contributed by atoms with Crippen molar-refractivity contribution >= 4 is 0 Å². The Hall–Kier alpha value is -1.71.